The minimum atomic E-state index is -0.0464. The number of amides is 2. The summed E-state index contributed by atoms with van der Waals surface area (Å²) in [6.07, 6.45) is 3.68. The molecule has 5 rings (SSSR count). The van der Waals surface area contributed by atoms with E-state index in [0.717, 1.165) is 39.4 Å². The summed E-state index contributed by atoms with van der Waals surface area (Å²) < 4.78 is 7.07. The maximum atomic E-state index is 12.5. The highest BCUT2D eigenvalue weighted by molar-refractivity contribution is 5.99. The van der Waals surface area contributed by atoms with Crippen LogP contribution < -0.4 is 10.6 Å². The van der Waals surface area contributed by atoms with Crippen molar-refractivity contribution in [3.63, 3.8) is 0 Å². The molecule has 0 saturated heterocycles. The molecule has 8 nitrogen and oxygen atoms in total. The van der Waals surface area contributed by atoms with E-state index in [9.17, 15) is 9.59 Å². The number of imidazole rings is 1. The Morgan fingerprint density at radius 3 is 2.79 bits per heavy atom. The molecule has 4 aromatic rings. The maximum absolute atomic E-state index is 12.5. The van der Waals surface area contributed by atoms with Gasteiger partial charge in [-0.1, -0.05) is 6.07 Å². The molecular weight excluding hydrogens is 430 g/mol. The van der Waals surface area contributed by atoms with Gasteiger partial charge in [-0.15, -0.1) is 0 Å². The van der Waals surface area contributed by atoms with Crippen molar-refractivity contribution in [2.24, 2.45) is 0 Å². The van der Waals surface area contributed by atoms with E-state index < -0.39 is 0 Å². The molecule has 0 fully saturated rings. The molecule has 0 unspecified atom stereocenters. The summed E-state index contributed by atoms with van der Waals surface area (Å²) in [6, 6.07) is 17.3. The minimum Gasteiger partial charge on any atom is -0.383 e. The van der Waals surface area contributed by atoms with Gasteiger partial charge in [0.15, 0.2) is 5.65 Å². The maximum Gasteiger partial charge on any atom is 0.253 e. The predicted octanol–water partition coefficient (Wildman–Crippen LogP) is 3.71. The first-order valence-electron chi connectivity index (χ1n) is 11.0. The second-order valence-corrected chi connectivity index (χ2v) is 8.23. The molecule has 3 heterocycles. The lowest BCUT2D eigenvalue weighted by Gasteiger charge is -2.17. The number of anilines is 2. The molecule has 172 valence electrons. The Hall–Kier alpha value is -4.17. The van der Waals surface area contributed by atoms with E-state index in [2.05, 4.69) is 21.7 Å². The number of benzene rings is 2. The van der Waals surface area contributed by atoms with Crippen molar-refractivity contribution in [3.8, 4) is 11.3 Å². The van der Waals surface area contributed by atoms with Gasteiger partial charge >= 0.3 is 0 Å². The van der Waals surface area contributed by atoms with Crippen LogP contribution in [0.1, 0.15) is 26.3 Å². The van der Waals surface area contributed by atoms with E-state index in [4.69, 9.17) is 4.74 Å². The monoisotopic (exact) mass is 455 g/mol. The molecule has 0 saturated carbocycles. The van der Waals surface area contributed by atoms with Crippen molar-refractivity contribution in [3.05, 3.63) is 83.7 Å². The molecule has 0 spiro atoms. The fraction of sp³-hybridized carbons (Fsp3) is 0.192. The number of nitrogens with zero attached hydrogens (tertiary/aromatic N) is 3. The first kappa shape index (κ1) is 21.7. The lowest BCUT2D eigenvalue weighted by molar-refractivity contribution is 0.0744. The van der Waals surface area contributed by atoms with Gasteiger partial charge in [-0.05, 0) is 59.7 Å². The van der Waals surface area contributed by atoms with Crippen LogP contribution in [0.3, 0.4) is 0 Å². The number of carbonyl (C=O) groups is 2. The molecule has 2 N–H and O–H groups in total. The lowest BCUT2D eigenvalue weighted by atomic mass is 10.0. The number of fused-ring (bicyclic) bond motifs is 2. The third-order valence-electron chi connectivity index (χ3n) is 6.02. The van der Waals surface area contributed by atoms with Gasteiger partial charge in [-0.25, -0.2) is 4.98 Å². The van der Waals surface area contributed by atoms with E-state index in [1.54, 1.807) is 25.3 Å². The third-order valence-corrected chi connectivity index (χ3v) is 6.02. The van der Waals surface area contributed by atoms with Gasteiger partial charge in [-0.2, -0.15) is 0 Å². The zero-order valence-electron chi connectivity index (χ0n) is 19.0. The molecule has 1 aliphatic rings. The van der Waals surface area contributed by atoms with Gasteiger partial charge in [0.1, 0.15) is 0 Å². The molecule has 0 aliphatic carbocycles. The van der Waals surface area contributed by atoms with E-state index in [1.807, 2.05) is 59.1 Å². The molecule has 2 amide bonds. The van der Waals surface area contributed by atoms with Crippen molar-refractivity contribution >= 4 is 28.8 Å². The predicted molar refractivity (Wildman–Crippen MR) is 130 cm³/mol. The van der Waals surface area contributed by atoms with Crippen LogP contribution in [0.15, 0.2) is 67.0 Å². The highest BCUT2D eigenvalue weighted by atomic mass is 16.5. The summed E-state index contributed by atoms with van der Waals surface area (Å²) in [5, 5.41) is 6.27. The zero-order valence-corrected chi connectivity index (χ0v) is 19.0. The smallest absolute Gasteiger partial charge is 0.253 e. The first-order chi connectivity index (χ1) is 16.5. The van der Waals surface area contributed by atoms with Crippen LogP contribution in [-0.4, -0.2) is 53.4 Å². The van der Waals surface area contributed by atoms with Crippen LogP contribution in [0, 0.1) is 0 Å². The summed E-state index contributed by atoms with van der Waals surface area (Å²) in [5.41, 5.74) is 6.85. The average Bonchev–Trinajstić information content (AvgIpc) is 3.50. The number of methoxy groups -OCH3 is 1. The van der Waals surface area contributed by atoms with Crippen molar-refractivity contribution in [2.75, 3.05) is 32.6 Å². The highest BCUT2D eigenvalue weighted by Crippen LogP contribution is 2.29. The van der Waals surface area contributed by atoms with Gasteiger partial charge < -0.3 is 20.3 Å². The zero-order chi connectivity index (χ0) is 23.7. The van der Waals surface area contributed by atoms with Crippen molar-refractivity contribution in [1.29, 1.82) is 0 Å². The third kappa shape index (κ3) is 3.99. The Morgan fingerprint density at radius 1 is 1.18 bits per heavy atom. The number of pyridine rings is 1. The van der Waals surface area contributed by atoms with E-state index in [1.165, 1.54) is 0 Å². The van der Waals surface area contributed by atoms with E-state index in [0.29, 0.717) is 25.3 Å². The number of hydrogen-bond acceptors (Lipinski definition) is 5. The molecule has 0 radical (unpaired) electrons. The molecule has 2 aromatic heterocycles. The number of carbonyl (C=O) groups excluding carboxylic acids is 2. The average molecular weight is 456 g/mol. The molecule has 1 aliphatic heterocycles. The molecule has 0 atom stereocenters. The summed E-state index contributed by atoms with van der Waals surface area (Å²) in [6.45, 7) is 1.59. The first-order valence-corrected chi connectivity index (χ1v) is 11.0. The Bertz CT molecular complexity index is 1380. The molecule has 8 heteroatoms. The molecule has 2 aromatic carbocycles. The highest BCUT2D eigenvalue weighted by Gasteiger charge is 2.19. The largest absolute Gasteiger partial charge is 0.383 e. The number of rotatable bonds is 7. The summed E-state index contributed by atoms with van der Waals surface area (Å²) >= 11 is 0. The van der Waals surface area contributed by atoms with Crippen LogP contribution in [0.2, 0.25) is 0 Å². The van der Waals surface area contributed by atoms with Crippen LogP contribution in [0.25, 0.3) is 16.9 Å². The van der Waals surface area contributed by atoms with E-state index >= 15 is 0 Å². The SMILES string of the molecule is COCCN(C)C(=O)c1ccc(Nc2ccc(-c3ccc4c(c3)CNC4=O)n3ccnc23)cc1. The van der Waals surface area contributed by atoms with E-state index in [-0.39, 0.29) is 11.8 Å². The minimum absolute atomic E-state index is 0.0248. The van der Waals surface area contributed by atoms with Crippen molar-refractivity contribution in [1.82, 2.24) is 19.6 Å². The Balaban J connectivity index is 1.38. The molecule has 0 bridgehead atoms. The van der Waals surface area contributed by atoms with Gasteiger partial charge in [-0.3, -0.25) is 14.0 Å². The number of nitrogens with one attached hydrogen (secondary N) is 2. The fourth-order valence-electron chi connectivity index (χ4n) is 4.14. The number of hydrogen-bond donors (Lipinski definition) is 2. The van der Waals surface area contributed by atoms with Gasteiger partial charge in [0.25, 0.3) is 11.8 Å². The lowest BCUT2D eigenvalue weighted by Crippen LogP contribution is -2.29. The summed E-state index contributed by atoms with van der Waals surface area (Å²) in [5.74, 6) is -0.0712. The molecule has 34 heavy (non-hydrogen) atoms. The Labute approximate surface area is 197 Å². The second-order valence-electron chi connectivity index (χ2n) is 8.23. The number of likely N-dealkylation sites (N-methyl/N-ethyl adjacent to an activating group) is 1. The van der Waals surface area contributed by atoms with Gasteiger partial charge in [0.2, 0.25) is 0 Å². The quantitative estimate of drug-likeness (QED) is 0.444. The number of aromatic nitrogens is 2. The summed E-state index contributed by atoms with van der Waals surface area (Å²) in [7, 11) is 3.38. The normalized spacial score (nSPS) is 12.5. The van der Waals surface area contributed by atoms with Crippen LogP contribution in [-0.2, 0) is 11.3 Å². The van der Waals surface area contributed by atoms with Gasteiger partial charge in [0, 0.05) is 56.5 Å². The topological polar surface area (TPSA) is 88.0 Å². The van der Waals surface area contributed by atoms with Gasteiger partial charge in [0.05, 0.1) is 18.0 Å². The second kappa shape index (κ2) is 8.99. The fourth-order valence-corrected chi connectivity index (χ4v) is 4.14. The Kier molecular flexibility index (Phi) is 5.73. The van der Waals surface area contributed by atoms with Crippen LogP contribution >= 0.6 is 0 Å². The van der Waals surface area contributed by atoms with Crippen LogP contribution in [0.5, 0.6) is 0 Å². The van der Waals surface area contributed by atoms with Crippen molar-refractivity contribution in [2.45, 2.75) is 6.54 Å². The number of ether oxygens (including phenoxy) is 1. The summed E-state index contributed by atoms with van der Waals surface area (Å²) in [4.78, 5) is 30.6. The van der Waals surface area contributed by atoms with Crippen molar-refractivity contribution < 1.29 is 14.3 Å². The molecular formula is C26H25N5O3. The van der Waals surface area contributed by atoms with Crippen LogP contribution in [0.4, 0.5) is 11.4 Å². The Morgan fingerprint density at radius 2 is 2.00 bits per heavy atom. The standard InChI is InChI=1S/C26H25N5O3/c1-30(13-14-34-2)26(33)17-3-6-20(7-4-17)29-22-9-10-23(31-12-11-27-24(22)31)18-5-8-21-19(15-18)16-28-25(21)32/h3-12,15,29H,13-14,16H2,1-2H3,(H,28,32).